The minimum absolute atomic E-state index is 0.110. The highest BCUT2D eigenvalue weighted by Crippen LogP contribution is 2.18. The van der Waals surface area contributed by atoms with Gasteiger partial charge in [-0.15, -0.1) is 0 Å². The van der Waals surface area contributed by atoms with Crippen LogP contribution < -0.4 is 14.8 Å². The molecule has 2 rings (SSSR count). The van der Waals surface area contributed by atoms with Crippen molar-refractivity contribution in [2.75, 3.05) is 6.61 Å². The van der Waals surface area contributed by atoms with E-state index in [-0.39, 0.29) is 11.9 Å². The molecule has 2 aromatic carbocycles. The number of ether oxygens (including phenoxy) is 2. The zero-order chi connectivity index (χ0) is 17.5. The van der Waals surface area contributed by atoms with Gasteiger partial charge >= 0.3 is 0 Å². The predicted octanol–water partition coefficient (Wildman–Crippen LogP) is 3.65. The lowest BCUT2D eigenvalue weighted by atomic mass is 10.2. The Morgan fingerprint density at radius 3 is 2.38 bits per heavy atom. The molecular weight excluding hydrogens is 302 g/mol. The smallest absolute Gasteiger partial charge is 0.261 e. The van der Waals surface area contributed by atoms with Gasteiger partial charge in [0.25, 0.3) is 5.91 Å². The van der Waals surface area contributed by atoms with Gasteiger partial charge in [0.1, 0.15) is 18.1 Å². The van der Waals surface area contributed by atoms with Gasteiger partial charge in [-0.25, -0.2) is 0 Å². The SMILES string of the molecule is Cc1ccc(OC[C@H](C)NC(=O)[C@@H](C)Oc2ccccc2C)cc1. The first-order valence-corrected chi connectivity index (χ1v) is 8.18. The van der Waals surface area contributed by atoms with Crippen LogP contribution in [0.3, 0.4) is 0 Å². The monoisotopic (exact) mass is 327 g/mol. The molecule has 4 heteroatoms. The second kappa shape index (κ2) is 8.39. The summed E-state index contributed by atoms with van der Waals surface area (Å²) < 4.78 is 11.4. The summed E-state index contributed by atoms with van der Waals surface area (Å²) in [5.41, 5.74) is 2.19. The number of hydrogen-bond acceptors (Lipinski definition) is 3. The molecule has 128 valence electrons. The van der Waals surface area contributed by atoms with Crippen LogP contribution in [0.15, 0.2) is 48.5 Å². The van der Waals surface area contributed by atoms with Gasteiger partial charge in [0.15, 0.2) is 6.10 Å². The number of carbonyl (C=O) groups excluding carboxylic acids is 1. The molecule has 24 heavy (non-hydrogen) atoms. The lowest BCUT2D eigenvalue weighted by molar-refractivity contribution is -0.128. The molecule has 0 radical (unpaired) electrons. The van der Waals surface area contributed by atoms with E-state index in [2.05, 4.69) is 5.32 Å². The Balaban J connectivity index is 1.80. The molecule has 2 aromatic rings. The van der Waals surface area contributed by atoms with Crippen LogP contribution in [0, 0.1) is 13.8 Å². The van der Waals surface area contributed by atoms with E-state index in [0.717, 1.165) is 17.1 Å². The molecule has 1 N–H and O–H groups in total. The van der Waals surface area contributed by atoms with Crippen molar-refractivity contribution in [3.63, 3.8) is 0 Å². The van der Waals surface area contributed by atoms with E-state index < -0.39 is 6.10 Å². The summed E-state index contributed by atoms with van der Waals surface area (Å²) in [6.45, 7) is 8.05. The molecule has 0 aliphatic heterocycles. The van der Waals surface area contributed by atoms with Crippen LogP contribution >= 0.6 is 0 Å². The summed E-state index contributed by atoms with van der Waals surface area (Å²) in [5, 5.41) is 2.91. The highest BCUT2D eigenvalue weighted by Gasteiger charge is 2.17. The van der Waals surface area contributed by atoms with Crippen LogP contribution in [-0.4, -0.2) is 24.7 Å². The Hall–Kier alpha value is -2.49. The summed E-state index contributed by atoms with van der Waals surface area (Å²) >= 11 is 0. The van der Waals surface area contributed by atoms with Crippen molar-refractivity contribution in [2.45, 2.75) is 39.8 Å². The highest BCUT2D eigenvalue weighted by atomic mass is 16.5. The van der Waals surface area contributed by atoms with E-state index in [9.17, 15) is 4.79 Å². The first kappa shape index (κ1) is 17.9. The zero-order valence-electron chi connectivity index (χ0n) is 14.7. The molecule has 0 aliphatic carbocycles. The number of nitrogens with one attached hydrogen (secondary N) is 1. The first-order chi connectivity index (χ1) is 11.5. The van der Waals surface area contributed by atoms with Crippen LogP contribution in [0.4, 0.5) is 0 Å². The molecule has 0 spiro atoms. The summed E-state index contributed by atoms with van der Waals surface area (Å²) in [7, 11) is 0. The second-order valence-corrected chi connectivity index (χ2v) is 6.06. The average Bonchev–Trinajstić information content (AvgIpc) is 2.56. The molecule has 0 unspecified atom stereocenters. The van der Waals surface area contributed by atoms with Crippen LogP contribution in [0.2, 0.25) is 0 Å². The van der Waals surface area contributed by atoms with Gasteiger partial charge in [-0.3, -0.25) is 4.79 Å². The number of benzene rings is 2. The van der Waals surface area contributed by atoms with Crippen LogP contribution in [0.1, 0.15) is 25.0 Å². The van der Waals surface area contributed by atoms with Crippen LogP contribution in [-0.2, 0) is 4.79 Å². The highest BCUT2D eigenvalue weighted by molar-refractivity contribution is 5.81. The van der Waals surface area contributed by atoms with Crippen molar-refractivity contribution >= 4 is 5.91 Å². The molecule has 0 bridgehead atoms. The lowest BCUT2D eigenvalue weighted by Crippen LogP contribution is -2.43. The molecular formula is C20H25NO3. The third-order valence-electron chi connectivity index (χ3n) is 3.68. The maximum atomic E-state index is 12.2. The number of aryl methyl sites for hydroxylation is 2. The van der Waals surface area contributed by atoms with Crippen LogP contribution in [0.25, 0.3) is 0 Å². The van der Waals surface area contributed by atoms with E-state index in [4.69, 9.17) is 9.47 Å². The minimum Gasteiger partial charge on any atom is -0.491 e. The Morgan fingerprint density at radius 1 is 1.04 bits per heavy atom. The molecule has 0 saturated heterocycles. The molecule has 1 amide bonds. The molecule has 0 aromatic heterocycles. The number of para-hydroxylation sites is 1. The second-order valence-electron chi connectivity index (χ2n) is 6.06. The van der Waals surface area contributed by atoms with Crippen molar-refractivity contribution in [3.05, 3.63) is 59.7 Å². The van der Waals surface area contributed by atoms with E-state index in [1.807, 2.05) is 69.3 Å². The normalized spacial score (nSPS) is 13.0. The van der Waals surface area contributed by atoms with Gasteiger partial charge in [-0.2, -0.15) is 0 Å². The summed E-state index contributed by atoms with van der Waals surface area (Å²) in [5.74, 6) is 1.37. The maximum absolute atomic E-state index is 12.2. The predicted molar refractivity (Wildman–Crippen MR) is 95.5 cm³/mol. The zero-order valence-corrected chi connectivity index (χ0v) is 14.7. The fraction of sp³-hybridized carbons (Fsp3) is 0.350. The van der Waals surface area contributed by atoms with E-state index in [1.54, 1.807) is 6.92 Å². The van der Waals surface area contributed by atoms with Gasteiger partial charge in [0.05, 0.1) is 6.04 Å². The van der Waals surface area contributed by atoms with Crippen molar-refractivity contribution in [1.29, 1.82) is 0 Å². The molecule has 0 saturated carbocycles. The quantitative estimate of drug-likeness (QED) is 0.844. The largest absolute Gasteiger partial charge is 0.491 e. The first-order valence-electron chi connectivity index (χ1n) is 8.18. The van der Waals surface area contributed by atoms with Gasteiger partial charge < -0.3 is 14.8 Å². The summed E-state index contributed by atoms with van der Waals surface area (Å²) in [4.78, 5) is 12.2. The average molecular weight is 327 g/mol. The Labute approximate surface area is 143 Å². The van der Waals surface area contributed by atoms with Crippen molar-refractivity contribution in [2.24, 2.45) is 0 Å². The fourth-order valence-electron chi connectivity index (χ4n) is 2.19. The van der Waals surface area contributed by atoms with Crippen LogP contribution in [0.5, 0.6) is 11.5 Å². The van der Waals surface area contributed by atoms with E-state index >= 15 is 0 Å². The van der Waals surface area contributed by atoms with Gasteiger partial charge in [0.2, 0.25) is 0 Å². The van der Waals surface area contributed by atoms with Crippen molar-refractivity contribution in [3.8, 4) is 11.5 Å². The van der Waals surface area contributed by atoms with Crippen molar-refractivity contribution < 1.29 is 14.3 Å². The molecule has 0 heterocycles. The number of hydrogen-bond donors (Lipinski definition) is 1. The van der Waals surface area contributed by atoms with Gasteiger partial charge in [-0.1, -0.05) is 35.9 Å². The fourth-order valence-corrected chi connectivity index (χ4v) is 2.19. The number of carbonyl (C=O) groups is 1. The van der Waals surface area contributed by atoms with E-state index in [1.165, 1.54) is 5.56 Å². The Kier molecular flexibility index (Phi) is 6.24. The molecule has 0 aliphatic rings. The van der Waals surface area contributed by atoms with Gasteiger partial charge in [0, 0.05) is 0 Å². The molecule has 0 fully saturated rings. The minimum atomic E-state index is -0.562. The summed E-state index contributed by atoms with van der Waals surface area (Å²) in [6.07, 6.45) is -0.562. The summed E-state index contributed by atoms with van der Waals surface area (Å²) in [6, 6.07) is 15.4. The molecule has 4 nitrogen and oxygen atoms in total. The number of rotatable bonds is 7. The third kappa shape index (κ3) is 5.30. The molecule has 2 atom stereocenters. The van der Waals surface area contributed by atoms with E-state index in [0.29, 0.717) is 6.61 Å². The third-order valence-corrected chi connectivity index (χ3v) is 3.68. The van der Waals surface area contributed by atoms with Crippen molar-refractivity contribution in [1.82, 2.24) is 5.32 Å². The topological polar surface area (TPSA) is 47.6 Å². The van der Waals surface area contributed by atoms with Gasteiger partial charge in [-0.05, 0) is 51.5 Å². The maximum Gasteiger partial charge on any atom is 0.261 e. The lowest BCUT2D eigenvalue weighted by Gasteiger charge is -2.20. The Bertz CT molecular complexity index is 667. The number of amides is 1. The Morgan fingerprint density at radius 2 is 1.71 bits per heavy atom. The standard InChI is InChI=1S/C20H25NO3/c1-14-9-11-18(12-10-14)23-13-16(3)21-20(22)17(4)24-19-8-6-5-7-15(19)2/h5-12,16-17H,13H2,1-4H3,(H,21,22)/t16-,17+/m0/s1.